The van der Waals surface area contributed by atoms with E-state index in [1.165, 1.54) is 0 Å². The first-order valence-corrected chi connectivity index (χ1v) is 10.7. The van der Waals surface area contributed by atoms with Crippen LogP contribution in [0.3, 0.4) is 0 Å². The molecule has 3 aromatic rings. The number of aliphatic hydroxyl groups excluding tert-OH is 1. The first-order chi connectivity index (χ1) is 15.2. The van der Waals surface area contributed by atoms with E-state index in [9.17, 15) is 5.11 Å². The van der Waals surface area contributed by atoms with Gasteiger partial charge < -0.3 is 19.3 Å². The van der Waals surface area contributed by atoms with Gasteiger partial charge in [0, 0.05) is 13.1 Å². The van der Waals surface area contributed by atoms with Crippen molar-refractivity contribution in [2.24, 2.45) is 0 Å². The molecule has 1 N–H and O–H groups in total. The quantitative estimate of drug-likeness (QED) is 0.528. The van der Waals surface area contributed by atoms with Crippen molar-refractivity contribution in [1.29, 1.82) is 0 Å². The lowest BCUT2D eigenvalue weighted by atomic mass is 10.0. The molecule has 0 aromatic heterocycles. The van der Waals surface area contributed by atoms with Gasteiger partial charge in [-0.05, 0) is 35.4 Å². The fourth-order valence-corrected chi connectivity index (χ4v) is 3.80. The lowest BCUT2D eigenvalue weighted by molar-refractivity contribution is -0.00879. The van der Waals surface area contributed by atoms with Crippen molar-refractivity contribution in [3.05, 3.63) is 95.6 Å². The van der Waals surface area contributed by atoms with Gasteiger partial charge in [0.1, 0.15) is 6.10 Å². The molecule has 0 aliphatic carbocycles. The first kappa shape index (κ1) is 21.4. The molecule has 0 saturated carbocycles. The van der Waals surface area contributed by atoms with E-state index in [1.807, 2.05) is 54.6 Å². The summed E-state index contributed by atoms with van der Waals surface area (Å²) in [5.41, 5.74) is 3.29. The lowest BCUT2D eigenvalue weighted by Crippen LogP contribution is -2.34. The largest absolute Gasteiger partial charge is 0.454 e. The van der Waals surface area contributed by atoms with E-state index in [0.717, 1.165) is 41.3 Å². The first-order valence-electron chi connectivity index (χ1n) is 10.7. The maximum Gasteiger partial charge on any atom is 0.231 e. The Hall–Kier alpha value is -2.86. The second kappa shape index (κ2) is 10.4. The fraction of sp³-hybridized carbons (Fsp3) is 0.308. The Bertz CT molecular complexity index is 909. The second-order valence-corrected chi connectivity index (χ2v) is 7.70. The minimum Gasteiger partial charge on any atom is -0.454 e. The average Bonchev–Trinajstić information content (AvgIpc) is 3.28. The number of ether oxygens (including phenoxy) is 3. The van der Waals surface area contributed by atoms with Crippen LogP contribution in [0.1, 0.15) is 29.7 Å². The Balaban J connectivity index is 1.36. The summed E-state index contributed by atoms with van der Waals surface area (Å²) in [7, 11) is 0. The van der Waals surface area contributed by atoms with Crippen LogP contribution in [0.2, 0.25) is 0 Å². The zero-order chi connectivity index (χ0) is 21.5. The minimum atomic E-state index is -0.594. The summed E-state index contributed by atoms with van der Waals surface area (Å²) in [4.78, 5) is 2.20. The van der Waals surface area contributed by atoms with Crippen LogP contribution in [0.5, 0.6) is 11.5 Å². The van der Waals surface area contributed by atoms with Crippen molar-refractivity contribution in [2.45, 2.75) is 25.7 Å². The van der Waals surface area contributed by atoms with Crippen LogP contribution in [-0.2, 0) is 11.3 Å². The van der Waals surface area contributed by atoms with Crippen LogP contribution >= 0.6 is 0 Å². The van der Waals surface area contributed by atoms with Crippen LogP contribution in [0, 0.1) is 0 Å². The van der Waals surface area contributed by atoms with E-state index >= 15 is 0 Å². The number of benzene rings is 3. The second-order valence-electron chi connectivity index (χ2n) is 7.70. The molecule has 0 bridgehead atoms. The van der Waals surface area contributed by atoms with Gasteiger partial charge in [0.05, 0.1) is 12.7 Å². The molecular formula is C26H29NO4. The highest BCUT2D eigenvalue weighted by Crippen LogP contribution is 2.33. The standard InChI is InChI=1S/C26H29NO4/c1-2-27(16-20-13-14-24-25(15-20)31-19-30-24)17-23(28)18-29-26(21-9-5-3-6-10-21)22-11-7-4-8-12-22/h3-15,23,26,28H,2,16-19H2,1H3/t23-/m0/s1. The van der Waals surface area contributed by atoms with Gasteiger partial charge >= 0.3 is 0 Å². The molecule has 1 aliphatic heterocycles. The number of fused-ring (bicyclic) bond motifs is 1. The molecule has 1 heterocycles. The summed E-state index contributed by atoms with van der Waals surface area (Å²) in [5.74, 6) is 1.57. The highest BCUT2D eigenvalue weighted by Gasteiger charge is 2.19. The van der Waals surface area contributed by atoms with E-state index in [0.29, 0.717) is 6.54 Å². The highest BCUT2D eigenvalue weighted by molar-refractivity contribution is 5.44. The molecule has 31 heavy (non-hydrogen) atoms. The van der Waals surface area contributed by atoms with E-state index < -0.39 is 6.10 Å². The predicted octanol–water partition coefficient (Wildman–Crippen LogP) is 4.40. The minimum absolute atomic E-state index is 0.207. The molecule has 5 heteroatoms. The predicted molar refractivity (Wildman–Crippen MR) is 120 cm³/mol. The van der Waals surface area contributed by atoms with Crippen molar-refractivity contribution < 1.29 is 19.3 Å². The molecule has 0 saturated heterocycles. The number of likely N-dealkylation sites (N-methyl/N-ethyl adjacent to an activating group) is 1. The van der Waals surface area contributed by atoms with Crippen LogP contribution < -0.4 is 9.47 Å². The third-order valence-corrected chi connectivity index (χ3v) is 5.42. The molecule has 1 atom stereocenters. The summed E-state index contributed by atoms with van der Waals surface area (Å²) in [6.07, 6.45) is -0.801. The van der Waals surface area contributed by atoms with Crippen molar-refractivity contribution >= 4 is 0 Å². The van der Waals surface area contributed by atoms with Crippen LogP contribution in [0.4, 0.5) is 0 Å². The van der Waals surface area contributed by atoms with Crippen molar-refractivity contribution in [1.82, 2.24) is 4.90 Å². The van der Waals surface area contributed by atoms with Crippen molar-refractivity contribution in [3.8, 4) is 11.5 Å². The summed E-state index contributed by atoms with van der Waals surface area (Å²) in [6.45, 7) is 4.71. The van der Waals surface area contributed by atoms with E-state index in [4.69, 9.17) is 14.2 Å². The Morgan fingerprint density at radius 1 is 0.903 bits per heavy atom. The van der Waals surface area contributed by atoms with E-state index in [1.54, 1.807) is 0 Å². The van der Waals surface area contributed by atoms with Gasteiger partial charge in [-0.3, -0.25) is 4.90 Å². The molecule has 5 nitrogen and oxygen atoms in total. The van der Waals surface area contributed by atoms with Gasteiger partial charge in [-0.25, -0.2) is 0 Å². The maximum atomic E-state index is 10.7. The molecule has 3 aromatic carbocycles. The smallest absolute Gasteiger partial charge is 0.231 e. The van der Waals surface area contributed by atoms with Gasteiger partial charge in [0.2, 0.25) is 6.79 Å². The molecule has 1 aliphatic rings. The van der Waals surface area contributed by atoms with Crippen LogP contribution in [0.15, 0.2) is 78.9 Å². The molecule has 4 rings (SSSR count). The lowest BCUT2D eigenvalue weighted by Gasteiger charge is -2.26. The Morgan fingerprint density at radius 3 is 2.19 bits per heavy atom. The Morgan fingerprint density at radius 2 is 1.55 bits per heavy atom. The molecule has 0 spiro atoms. The zero-order valence-electron chi connectivity index (χ0n) is 17.8. The normalized spacial score (nSPS) is 13.7. The maximum absolute atomic E-state index is 10.7. The monoisotopic (exact) mass is 419 g/mol. The Kier molecular flexibility index (Phi) is 7.20. The molecule has 0 unspecified atom stereocenters. The third-order valence-electron chi connectivity index (χ3n) is 5.42. The van der Waals surface area contributed by atoms with Crippen molar-refractivity contribution in [2.75, 3.05) is 26.5 Å². The van der Waals surface area contributed by atoms with Gasteiger partial charge in [0.25, 0.3) is 0 Å². The number of hydrogen-bond donors (Lipinski definition) is 1. The number of nitrogens with zero attached hydrogens (tertiary/aromatic N) is 1. The topological polar surface area (TPSA) is 51.2 Å². The van der Waals surface area contributed by atoms with Crippen molar-refractivity contribution in [3.63, 3.8) is 0 Å². The zero-order valence-corrected chi connectivity index (χ0v) is 17.8. The molecule has 0 amide bonds. The van der Waals surface area contributed by atoms with Gasteiger partial charge in [0.15, 0.2) is 11.5 Å². The summed E-state index contributed by atoms with van der Waals surface area (Å²) in [5, 5.41) is 10.7. The average molecular weight is 420 g/mol. The highest BCUT2D eigenvalue weighted by atomic mass is 16.7. The third kappa shape index (κ3) is 5.64. The molecule has 0 radical (unpaired) electrons. The summed E-state index contributed by atoms with van der Waals surface area (Å²) in [6, 6.07) is 26.2. The molecular weight excluding hydrogens is 390 g/mol. The SMILES string of the molecule is CCN(Cc1ccc2c(c1)OCO2)C[C@H](O)COC(c1ccccc1)c1ccccc1. The fourth-order valence-electron chi connectivity index (χ4n) is 3.80. The molecule has 0 fully saturated rings. The van der Waals surface area contributed by atoms with E-state index in [2.05, 4.69) is 36.1 Å². The van der Waals surface area contributed by atoms with Gasteiger partial charge in [-0.15, -0.1) is 0 Å². The van der Waals surface area contributed by atoms with Crippen LogP contribution in [-0.4, -0.2) is 42.6 Å². The number of rotatable bonds is 10. The van der Waals surface area contributed by atoms with Crippen LogP contribution in [0.25, 0.3) is 0 Å². The summed E-state index contributed by atoms with van der Waals surface area (Å²) >= 11 is 0. The van der Waals surface area contributed by atoms with Gasteiger partial charge in [-0.1, -0.05) is 73.7 Å². The van der Waals surface area contributed by atoms with Gasteiger partial charge in [-0.2, -0.15) is 0 Å². The summed E-state index contributed by atoms with van der Waals surface area (Å²) < 4.78 is 17.1. The molecule has 162 valence electrons. The number of hydrogen-bond acceptors (Lipinski definition) is 5. The number of aliphatic hydroxyl groups is 1. The van der Waals surface area contributed by atoms with E-state index in [-0.39, 0.29) is 19.5 Å². The Labute approximate surface area is 183 Å².